The van der Waals surface area contributed by atoms with Crippen LogP contribution in [-0.2, 0) is 11.3 Å². The number of nitrogens with zero attached hydrogens (tertiary/aromatic N) is 2. The van der Waals surface area contributed by atoms with E-state index < -0.39 is 5.97 Å². The predicted octanol–water partition coefficient (Wildman–Crippen LogP) is 3.93. The smallest absolute Gasteiger partial charge is 0.339 e. The van der Waals surface area contributed by atoms with E-state index in [0.29, 0.717) is 29.4 Å². The Morgan fingerprint density at radius 1 is 1.04 bits per heavy atom. The van der Waals surface area contributed by atoms with Gasteiger partial charge in [-0.1, -0.05) is 42.0 Å². The minimum atomic E-state index is -0.403. The van der Waals surface area contributed by atoms with Crippen LogP contribution >= 0.6 is 0 Å². The fraction of sp³-hybridized carbons (Fsp3) is 0.150. The van der Waals surface area contributed by atoms with Crippen molar-refractivity contribution in [3.8, 4) is 0 Å². The second-order valence-corrected chi connectivity index (χ2v) is 5.79. The minimum Gasteiger partial charge on any atom is -0.465 e. The molecule has 3 rings (SSSR count). The lowest BCUT2D eigenvalue weighted by Crippen LogP contribution is -2.07. The SMILES string of the molecule is COC(=O)c1ccccc1Nc1cc(NCc2cccc(C)c2)ncn1. The third kappa shape index (κ3) is 4.36. The van der Waals surface area contributed by atoms with Crippen LogP contribution in [0.1, 0.15) is 21.5 Å². The molecule has 0 atom stereocenters. The minimum absolute atomic E-state index is 0.403. The largest absolute Gasteiger partial charge is 0.465 e. The van der Waals surface area contributed by atoms with Crippen molar-refractivity contribution >= 4 is 23.3 Å². The third-order valence-electron chi connectivity index (χ3n) is 3.82. The van der Waals surface area contributed by atoms with Crippen LogP contribution < -0.4 is 10.6 Å². The van der Waals surface area contributed by atoms with E-state index in [0.717, 1.165) is 0 Å². The van der Waals surface area contributed by atoms with Crippen LogP contribution in [0.3, 0.4) is 0 Å². The van der Waals surface area contributed by atoms with Gasteiger partial charge in [-0.2, -0.15) is 0 Å². The molecule has 0 aliphatic rings. The van der Waals surface area contributed by atoms with E-state index in [1.165, 1.54) is 24.6 Å². The van der Waals surface area contributed by atoms with Crippen LogP contribution in [0.2, 0.25) is 0 Å². The molecule has 0 bridgehead atoms. The molecule has 1 aromatic heterocycles. The van der Waals surface area contributed by atoms with Crippen molar-refractivity contribution in [1.29, 1.82) is 0 Å². The second kappa shape index (κ2) is 8.11. The lowest BCUT2D eigenvalue weighted by Gasteiger charge is -2.11. The van der Waals surface area contributed by atoms with Crippen molar-refractivity contribution in [1.82, 2.24) is 9.97 Å². The van der Waals surface area contributed by atoms with E-state index in [1.54, 1.807) is 24.3 Å². The highest BCUT2D eigenvalue weighted by Crippen LogP contribution is 2.21. The number of carbonyl (C=O) groups is 1. The maximum Gasteiger partial charge on any atom is 0.339 e. The van der Waals surface area contributed by atoms with Crippen LogP contribution in [0.25, 0.3) is 0 Å². The molecule has 0 aliphatic carbocycles. The number of aryl methyl sites for hydroxylation is 1. The summed E-state index contributed by atoms with van der Waals surface area (Å²) in [6.07, 6.45) is 1.47. The first-order chi connectivity index (χ1) is 12.7. The summed E-state index contributed by atoms with van der Waals surface area (Å²) >= 11 is 0. The summed E-state index contributed by atoms with van der Waals surface area (Å²) in [4.78, 5) is 20.3. The normalized spacial score (nSPS) is 10.2. The van der Waals surface area contributed by atoms with E-state index in [1.807, 2.05) is 12.1 Å². The molecular weight excluding hydrogens is 328 g/mol. The number of nitrogens with one attached hydrogen (secondary N) is 2. The van der Waals surface area contributed by atoms with Gasteiger partial charge in [0.25, 0.3) is 0 Å². The number of rotatable bonds is 6. The molecule has 3 aromatic rings. The number of aromatic nitrogens is 2. The summed E-state index contributed by atoms with van der Waals surface area (Å²) in [5.41, 5.74) is 3.47. The molecule has 0 unspecified atom stereocenters. The molecule has 2 N–H and O–H groups in total. The number of benzene rings is 2. The van der Waals surface area contributed by atoms with Gasteiger partial charge in [0.15, 0.2) is 0 Å². The molecule has 1 heterocycles. The van der Waals surface area contributed by atoms with Crippen molar-refractivity contribution in [2.45, 2.75) is 13.5 Å². The summed E-state index contributed by atoms with van der Waals surface area (Å²) in [6.45, 7) is 2.73. The highest BCUT2D eigenvalue weighted by atomic mass is 16.5. The fourth-order valence-electron chi connectivity index (χ4n) is 2.56. The van der Waals surface area contributed by atoms with Crippen LogP contribution in [0.4, 0.5) is 17.3 Å². The molecule has 2 aromatic carbocycles. The summed E-state index contributed by atoms with van der Waals surface area (Å²) in [5, 5.41) is 6.42. The molecular formula is C20H20N4O2. The molecule has 132 valence electrons. The van der Waals surface area contributed by atoms with E-state index in [9.17, 15) is 4.79 Å². The molecule has 6 heteroatoms. The molecule has 0 fully saturated rings. The number of methoxy groups -OCH3 is 1. The molecule has 0 radical (unpaired) electrons. The second-order valence-electron chi connectivity index (χ2n) is 5.79. The van der Waals surface area contributed by atoms with Crippen molar-refractivity contribution in [2.75, 3.05) is 17.7 Å². The van der Waals surface area contributed by atoms with Crippen molar-refractivity contribution in [3.05, 3.63) is 77.6 Å². The first-order valence-electron chi connectivity index (χ1n) is 8.21. The van der Waals surface area contributed by atoms with Gasteiger partial charge in [0.05, 0.1) is 18.4 Å². The van der Waals surface area contributed by atoms with Crippen LogP contribution in [-0.4, -0.2) is 23.0 Å². The first kappa shape index (κ1) is 17.4. The van der Waals surface area contributed by atoms with E-state index in [4.69, 9.17) is 4.74 Å². The Hall–Kier alpha value is -3.41. The Bertz CT molecular complexity index is 912. The Labute approximate surface area is 152 Å². The molecule has 0 saturated carbocycles. The average molecular weight is 348 g/mol. The molecule has 0 amide bonds. The topological polar surface area (TPSA) is 76.1 Å². The Morgan fingerprint density at radius 2 is 1.85 bits per heavy atom. The van der Waals surface area contributed by atoms with Gasteiger partial charge >= 0.3 is 5.97 Å². The zero-order valence-electron chi connectivity index (χ0n) is 14.7. The average Bonchev–Trinajstić information content (AvgIpc) is 2.67. The molecule has 0 aliphatic heterocycles. The van der Waals surface area contributed by atoms with Gasteiger partial charge in [-0.25, -0.2) is 14.8 Å². The van der Waals surface area contributed by atoms with Gasteiger partial charge in [-0.15, -0.1) is 0 Å². The van der Waals surface area contributed by atoms with Crippen LogP contribution in [0.15, 0.2) is 60.9 Å². The third-order valence-corrected chi connectivity index (χ3v) is 3.82. The van der Waals surface area contributed by atoms with Gasteiger partial charge in [-0.05, 0) is 24.6 Å². The molecule has 0 saturated heterocycles. The summed E-state index contributed by atoms with van der Waals surface area (Å²) < 4.78 is 4.81. The van der Waals surface area contributed by atoms with Crippen LogP contribution in [0, 0.1) is 6.92 Å². The van der Waals surface area contributed by atoms with Crippen molar-refractivity contribution < 1.29 is 9.53 Å². The zero-order valence-corrected chi connectivity index (χ0v) is 14.7. The Balaban J connectivity index is 1.73. The van der Waals surface area contributed by atoms with Gasteiger partial charge in [0, 0.05) is 12.6 Å². The summed E-state index contributed by atoms with van der Waals surface area (Å²) in [5.74, 6) is 0.877. The molecule has 6 nitrogen and oxygen atoms in total. The lowest BCUT2D eigenvalue weighted by atomic mass is 10.1. The number of esters is 1. The summed E-state index contributed by atoms with van der Waals surface area (Å²) in [7, 11) is 1.36. The Morgan fingerprint density at radius 3 is 2.65 bits per heavy atom. The number of hydrogen-bond acceptors (Lipinski definition) is 6. The van der Waals surface area contributed by atoms with Crippen molar-refractivity contribution in [3.63, 3.8) is 0 Å². The predicted molar refractivity (Wildman–Crippen MR) is 102 cm³/mol. The lowest BCUT2D eigenvalue weighted by molar-refractivity contribution is 0.0602. The van der Waals surface area contributed by atoms with Gasteiger partial charge in [0.1, 0.15) is 18.0 Å². The number of anilines is 3. The maximum atomic E-state index is 11.9. The number of para-hydroxylation sites is 1. The van der Waals surface area contributed by atoms with Gasteiger partial charge in [-0.3, -0.25) is 0 Å². The highest BCUT2D eigenvalue weighted by Gasteiger charge is 2.11. The number of carbonyl (C=O) groups excluding carboxylic acids is 1. The standard InChI is InChI=1S/C20H20N4O2/c1-14-6-5-7-15(10-14)12-21-18-11-19(23-13-22-18)24-17-9-4-3-8-16(17)20(25)26-2/h3-11,13H,12H2,1-2H3,(H2,21,22,23,24). The highest BCUT2D eigenvalue weighted by molar-refractivity contribution is 5.96. The van der Waals surface area contributed by atoms with Crippen molar-refractivity contribution in [2.24, 2.45) is 0 Å². The quantitative estimate of drug-likeness (QED) is 0.658. The van der Waals surface area contributed by atoms with Gasteiger partial charge in [0.2, 0.25) is 0 Å². The maximum absolute atomic E-state index is 11.9. The molecule has 26 heavy (non-hydrogen) atoms. The summed E-state index contributed by atoms with van der Waals surface area (Å²) in [6, 6.07) is 17.2. The van der Waals surface area contributed by atoms with E-state index in [-0.39, 0.29) is 0 Å². The monoisotopic (exact) mass is 348 g/mol. The van der Waals surface area contributed by atoms with E-state index >= 15 is 0 Å². The zero-order chi connectivity index (χ0) is 18.4. The first-order valence-corrected chi connectivity index (χ1v) is 8.21. The molecule has 0 spiro atoms. The van der Waals surface area contributed by atoms with E-state index in [2.05, 4.69) is 45.7 Å². The number of ether oxygens (including phenoxy) is 1. The number of hydrogen-bond donors (Lipinski definition) is 2. The van der Waals surface area contributed by atoms with Gasteiger partial charge < -0.3 is 15.4 Å². The Kier molecular flexibility index (Phi) is 5.43. The van der Waals surface area contributed by atoms with Crippen LogP contribution in [0.5, 0.6) is 0 Å². The fourth-order valence-corrected chi connectivity index (χ4v) is 2.56.